The first-order valence-electron chi connectivity index (χ1n) is 10.2. The Morgan fingerprint density at radius 3 is 2.47 bits per heavy atom. The van der Waals surface area contributed by atoms with E-state index in [9.17, 15) is 14.7 Å². The van der Waals surface area contributed by atoms with Crippen LogP contribution in [0.25, 0.3) is 0 Å². The predicted octanol–water partition coefficient (Wildman–Crippen LogP) is 2.36. The molecule has 2 fully saturated rings. The number of aliphatic hydroxyl groups excluding tert-OH is 1. The molecule has 158 valence electrons. The molecule has 2 aromatic rings. The summed E-state index contributed by atoms with van der Waals surface area (Å²) in [5, 5.41) is 10.1. The molecule has 2 aliphatic rings. The molecule has 2 aliphatic heterocycles. The minimum Gasteiger partial charge on any atom is -0.445 e. The molecule has 3 atom stereocenters. The summed E-state index contributed by atoms with van der Waals surface area (Å²) in [6, 6.07) is 18.4. The van der Waals surface area contributed by atoms with E-state index in [0.717, 1.165) is 11.1 Å². The smallest absolute Gasteiger partial charge is 0.410 e. The second kappa shape index (κ2) is 9.28. The van der Waals surface area contributed by atoms with Crippen molar-refractivity contribution in [1.82, 2.24) is 9.80 Å². The standard InChI is InChI=1S/C23H26N2O5/c26-19-13-20(25(14-19)23(28)30-16-17-7-3-1-4-8-17)22(27)24-11-12-29-21(15-24)18-9-5-2-6-10-18/h1-10,19-21,26H,11-16H2/t19-,20-,21-/m0/s1. The maximum absolute atomic E-state index is 13.2. The summed E-state index contributed by atoms with van der Waals surface area (Å²) in [5.41, 5.74) is 1.88. The lowest BCUT2D eigenvalue weighted by Crippen LogP contribution is -2.51. The second-order valence-electron chi connectivity index (χ2n) is 7.65. The molecule has 0 bridgehead atoms. The van der Waals surface area contributed by atoms with Crippen LogP contribution in [-0.2, 0) is 20.9 Å². The van der Waals surface area contributed by atoms with Crippen molar-refractivity contribution < 1.29 is 24.2 Å². The minimum atomic E-state index is -0.741. The van der Waals surface area contributed by atoms with Crippen molar-refractivity contribution in [3.05, 3.63) is 71.8 Å². The number of carbonyl (C=O) groups excluding carboxylic acids is 2. The van der Waals surface area contributed by atoms with Crippen molar-refractivity contribution in [3.63, 3.8) is 0 Å². The van der Waals surface area contributed by atoms with Gasteiger partial charge in [-0.15, -0.1) is 0 Å². The number of carbonyl (C=O) groups is 2. The third kappa shape index (κ3) is 4.63. The lowest BCUT2D eigenvalue weighted by Gasteiger charge is -2.36. The summed E-state index contributed by atoms with van der Waals surface area (Å²) in [5.74, 6) is -0.174. The van der Waals surface area contributed by atoms with Crippen LogP contribution in [-0.4, -0.2) is 65.3 Å². The molecule has 0 unspecified atom stereocenters. The van der Waals surface area contributed by atoms with Crippen LogP contribution in [0.4, 0.5) is 4.79 Å². The second-order valence-corrected chi connectivity index (χ2v) is 7.65. The third-order valence-corrected chi connectivity index (χ3v) is 5.55. The monoisotopic (exact) mass is 410 g/mol. The highest BCUT2D eigenvalue weighted by molar-refractivity contribution is 5.86. The molecule has 0 aromatic heterocycles. The first kappa shape index (κ1) is 20.4. The molecule has 0 saturated carbocycles. The molecule has 4 rings (SSSR count). The van der Waals surface area contributed by atoms with Gasteiger partial charge in [0.05, 0.1) is 25.8 Å². The number of hydrogen-bond donors (Lipinski definition) is 1. The number of aliphatic hydroxyl groups is 1. The van der Waals surface area contributed by atoms with E-state index in [0.29, 0.717) is 19.7 Å². The summed E-state index contributed by atoms with van der Waals surface area (Å²) >= 11 is 0. The van der Waals surface area contributed by atoms with Gasteiger partial charge >= 0.3 is 6.09 Å². The van der Waals surface area contributed by atoms with Crippen molar-refractivity contribution in [1.29, 1.82) is 0 Å². The van der Waals surface area contributed by atoms with Crippen LogP contribution in [0.5, 0.6) is 0 Å². The number of amides is 2. The van der Waals surface area contributed by atoms with E-state index in [2.05, 4.69) is 0 Å². The Bertz CT molecular complexity index is 860. The molecule has 2 saturated heterocycles. The Kier molecular flexibility index (Phi) is 6.30. The summed E-state index contributed by atoms with van der Waals surface area (Å²) in [4.78, 5) is 28.9. The molecule has 2 heterocycles. The number of ether oxygens (including phenoxy) is 2. The van der Waals surface area contributed by atoms with E-state index < -0.39 is 18.2 Å². The number of hydrogen-bond acceptors (Lipinski definition) is 5. The number of benzene rings is 2. The molecular weight excluding hydrogens is 384 g/mol. The van der Waals surface area contributed by atoms with Gasteiger partial charge in [-0.3, -0.25) is 9.69 Å². The van der Waals surface area contributed by atoms with Crippen LogP contribution in [0.1, 0.15) is 23.7 Å². The number of β-amino-alcohol motifs (C(OH)–C–C–N with tert-alkyl or cyclic N) is 1. The van der Waals surface area contributed by atoms with Crippen LogP contribution in [0.2, 0.25) is 0 Å². The van der Waals surface area contributed by atoms with Crippen LogP contribution in [0.15, 0.2) is 60.7 Å². The van der Waals surface area contributed by atoms with Crippen molar-refractivity contribution >= 4 is 12.0 Å². The quantitative estimate of drug-likeness (QED) is 0.837. The molecule has 0 aliphatic carbocycles. The van der Waals surface area contributed by atoms with Gasteiger partial charge in [-0.25, -0.2) is 4.79 Å². The van der Waals surface area contributed by atoms with Gasteiger partial charge in [0.1, 0.15) is 18.8 Å². The van der Waals surface area contributed by atoms with Crippen LogP contribution >= 0.6 is 0 Å². The highest BCUT2D eigenvalue weighted by atomic mass is 16.6. The van der Waals surface area contributed by atoms with E-state index in [1.165, 1.54) is 4.90 Å². The molecule has 30 heavy (non-hydrogen) atoms. The van der Waals surface area contributed by atoms with Crippen LogP contribution in [0, 0.1) is 0 Å². The molecular formula is C23H26N2O5. The SMILES string of the molecule is O=C([C@@H]1C[C@H](O)CN1C(=O)OCc1ccccc1)N1CCO[C@H](c2ccccc2)C1. The average molecular weight is 410 g/mol. The molecule has 1 N–H and O–H groups in total. The van der Waals surface area contributed by atoms with Gasteiger partial charge in [-0.2, -0.15) is 0 Å². The summed E-state index contributed by atoms with van der Waals surface area (Å²) in [7, 11) is 0. The Hall–Kier alpha value is -2.90. The number of rotatable bonds is 4. The first-order chi connectivity index (χ1) is 14.6. The van der Waals surface area contributed by atoms with E-state index in [1.54, 1.807) is 4.90 Å². The molecule has 0 radical (unpaired) electrons. The van der Waals surface area contributed by atoms with Gasteiger partial charge in [-0.05, 0) is 11.1 Å². The highest BCUT2D eigenvalue weighted by Gasteiger charge is 2.42. The molecule has 2 amide bonds. The third-order valence-electron chi connectivity index (χ3n) is 5.55. The Morgan fingerprint density at radius 1 is 1.03 bits per heavy atom. The van der Waals surface area contributed by atoms with Gasteiger partial charge < -0.3 is 19.5 Å². The van der Waals surface area contributed by atoms with E-state index >= 15 is 0 Å². The highest BCUT2D eigenvalue weighted by Crippen LogP contribution is 2.26. The van der Waals surface area contributed by atoms with Gasteiger partial charge in [-0.1, -0.05) is 60.7 Å². The first-order valence-corrected chi connectivity index (χ1v) is 10.2. The number of nitrogens with zero attached hydrogens (tertiary/aromatic N) is 2. The summed E-state index contributed by atoms with van der Waals surface area (Å²) in [6.45, 7) is 1.53. The van der Waals surface area contributed by atoms with Crippen LogP contribution in [0.3, 0.4) is 0 Å². The molecule has 0 spiro atoms. The summed E-state index contributed by atoms with van der Waals surface area (Å²) < 4.78 is 11.2. The fourth-order valence-electron chi connectivity index (χ4n) is 3.98. The maximum Gasteiger partial charge on any atom is 0.410 e. The van der Waals surface area contributed by atoms with Gasteiger partial charge in [0, 0.05) is 13.0 Å². The Balaban J connectivity index is 1.40. The molecule has 7 nitrogen and oxygen atoms in total. The van der Waals surface area contributed by atoms with Crippen molar-refractivity contribution in [2.24, 2.45) is 0 Å². The lowest BCUT2D eigenvalue weighted by molar-refractivity contribution is -0.143. The largest absolute Gasteiger partial charge is 0.445 e. The Morgan fingerprint density at radius 2 is 1.73 bits per heavy atom. The van der Waals surface area contributed by atoms with E-state index in [1.807, 2.05) is 60.7 Å². The normalized spacial score (nSPS) is 24.0. The fourth-order valence-corrected chi connectivity index (χ4v) is 3.98. The fraction of sp³-hybridized carbons (Fsp3) is 0.391. The van der Waals surface area contributed by atoms with Gasteiger partial charge in [0.25, 0.3) is 0 Å². The minimum absolute atomic E-state index is 0.0937. The Labute approximate surface area is 175 Å². The maximum atomic E-state index is 13.2. The van der Waals surface area contributed by atoms with Gasteiger partial charge in [0.2, 0.25) is 5.91 Å². The van der Waals surface area contributed by atoms with E-state index in [4.69, 9.17) is 9.47 Å². The van der Waals surface area contributed by atoms with Crippen molar-refractivity contribution in [3.8, 4) is 0 Å². The van der Waals surface area contributed by atoms with Crippen molar-refractivity contribution in [2.75, 3.05) is 26.2 Å². The summed E-state index contributed by atoms with van der Waals surface area (Å²) in [6.07, 6.45) is -1.31. The zero-order valence-corrected chi connectivity index (χ0v) is 16.7. The zero-order chi connectivity index (χ0) is 20.9. The topological polar surface area (TPSA) is 79.3 Å². The van der Waals surface area contributed by atoms with E-state index in [-0.39, 0.29) is 31.6 Å². The van der Waals surface area contributed by atoms with Crippen molar-refractivity contribution in [2.45, 2.75) is 31.3 Å². The lowest BCUT2D eigenvalue weighted by atomic mass is 10.1. The molecule has 7 heteroatoms. The number of likely N-dealkylation sites (tertiary alicyclic amines) is 1. The van der Waals surface area contributed by atoms with Gasteiger partial charge in [0.15, 0.2) is 0 Å². The predicted molar refractivity (Wildman–Crippen MR) is 109 cm³/mol. The zero-order valence-electron chi connectivity index (χ0n) is 16.7. The van der Waals surface area contributed by atoms with Crippen LogP contribution < -0.4 is 0 Å². The molecule has 2 aromatic carbocycles. The average Bonchev–Trinajstić information content (AvgIpc) is 3.20. The number of morpholine rings is 1.